The first-order chi connectivity index (χ1) is 11.2. The van der Waals surface area contributed by atoms with Crippen molar-refractivity contribution >= 4 is 39.7 Å². The first-order valence-electron chi connectivity index (χ1n) is 7.65. The summed E-state index contributed by atoms with van der Waals surface area (Å²) in [5.74, 6) is -0.135. The van der Waals surface area contributed by atoms with Crippen molar-refractivity contribution in [2.24, 2.45) is 5.73 Å². The van der Waals surface area contributed by atoms with Crippen LogP contribution in [0.25, 0.3) is 0 Å². The van der Waals surface area contributed by atoms with E-state index in [1.54, 1.807) is 17.5 Å². The van der Waals surface area contributed by atoms with Crippen molar-refractivity contribution in [3.63, 3.8) is 0 Å². The Labute approximate surface area is 145 Å². The molecule has 2 aromatic rings. The highest BCUT2D eigenvalue weighted by Crippen LogP contribution is 2.22. The molecule has 0 saturated carbocycles. The minimum Gasteiger partial charge on any atom is -0.351 e. The van der Waals surface area contributed by atoms with Crippen molar-refractivity contribution in [3.8, 4) is 0 Å². The lowest BCUT2D eigenvalue weighted by molar-refractivity contribution is 0.0948. The number of thiazole rings is 1. The molecule has 0 fully saturated rings. The maximum atomic E-state index is 12.0. The van der Waals surface area contributed by atoms with Gasteiger partial charge in [0.25, 0.3) is 5.91 Å². The second kappa shape index (κ2) is 9.50. The van der Waals surface area contributed by atoms with Gasteiger partial charge in [-0.2, -0.15) is 0 Å². The van der Waals surface area contributed by atoms with Crippen LogP contribution in [-0.2, 0) is 0 Å². The van der Waals surface area contributed by atoms with Crippen molar-refractivity contribution in [2.75, 3.05) is 18.4 Å². The number of nitrogens with two attached hydrogens (primary N) is 1. The SMILES string of the molecule is NCCCCCCNC(=O)c1csc(Nc2ccc(Cl)cc2)n1. The highest BCUT2D eigenvalue weighted by molar-refractivity contribution is 7.14. The van der Waals surface area contributed by atoms with Crippen LogP contribution < -0.4 is 16.4 Å². The predicted molar refractivity (Wildman–Crippen MR) is 96.7 cm³/mol. The zero-order chi connectivity index (χ0) is 16.5. The number of unbranched alkanes of at least 4 members (excludes halogenated alkanes) is 3. The minimum absolute atomic E-state index is 0.135. The molecule has 0 atom stereocenters. The average molecular weight is 353 g/mol. The fourth-order valence-electron chi connectivity index (χ4n) is 2.01. The average Bonchev–Trinajstić information content (AvgIpc) is 3.01. The zero-order valence-electron chi connectivity index (χ0n) is 12.8. The summed E-state index contributed by atoms with van der Waals surface area (Å²) < 4.78 is 0. The molecule has 4 N–H and O–H groups in total. The van der Waals surface area contributed by atoms with Crippen LogP contribution in [0, 0.1) is 0 Å². The molecule has 1 heterocycles. The number of nitrogens with zero attached hydrogens (tertiary/aromatic N) is 1. The number of halogens is 1. The van der Waals surface area contributed by atoms with E-state index in [4.69, 9.17) is 17.3 Å². The first kappa shape index (κ1) is 17.7. The van der Waals surface area contributed by atoms with Crippen molar-refractivity contribution in [2.45, 2.75) is 25.7 Å². The number of carbonyl (C=O) groups is 1. The fourth-order valence-corrected chi connectivity index (χ4v) is 2.84. The lowest BCUT2D eigenvalue weighted by Gasteiger charge is -2.03. The summed E-state index contributed by atoms with van der Waals surface area (Å²) in [5.41, 5.74) is 6.77. The second-order valence-corrected chi connectivity index (χ2v) is 6.42. The summed E-state index contributed by atoms with van der Waals surface area (Å²) in [5, 5.41) is 9.16. The van der Waals surface area contributed by atoms with Crippen LogP contribution in [0.5, 0.6) is 0 Å². The minimum atomic E-state index is -0.135. The van der Waals surface area contributed by atoms with Gasteiger partial charge >= 0.3 is 0 Å². The Morgan fingerprint density at radius 1 is 1.17 bits per heavy atom. The summed E-state index contributed by atoms with van der Waals surface area (Å²) in [4.78, 5) is 16.3. The maximum Gasteiger partial charge on any atom is 0.270 e. The zero-order valence-corrected chi connectivity index (χ0v) is 14.4. The molecular weight excluding hydrogens is 332 g/mol. The third-order valence-corrected chi connectivity index (χ3v) is 4.26. The molecule has 0 aliphatic rings. The van der Waals surface area contributed by atoms with Crippen LogP contribution in [0.1, 0.15) is 36.2 Å². The van der Waals surface area contributed by atoms with Crippen LogP contribution in [0.2, 0.25) is 5.02 Å². The first-order valence-corrected chi connectivity index (χ1v) is 8.91. The van der Waals surface area contributed by atoms with Crippen LogP contribution >= 0.6 is 22.9 Å². The molecule has 7 heteroatoms. The van der Waals surface area contributed by atoms with E-state index < -0.39 is 0 Å². The van der Waals surface area contributed by atoms with Gasteiger partial charge in [-0.3, -0.25) is 4.79 Å². The summed E-state index contributed by atoms with van der Waals surface area (Å²) in [6, 6.07) is 7.33. The lowest BCUT2D eigenvalue weighted by atomic mass is 10.2. The van der Waals surface area contributed by atoms with E-state index in [1.807, 2.05) is 12.1 Å². The fraction of sp³-hybridized carbons (Fsp3) is 0.375. The predicted octanol–water partition coefficient (Wildman–Crippen LogP) is 3.79. The van der Waals surface area contributed by atoms with Gasteiger partial charge in [-0.05, 0) is 43.7 Å². The Kier molecular flexibility index (Phi) is 7.32. The molecule has 0 bridgehead atoms. The molecule has 1 amide bonds. The summed E-state index contributed by atoms with van der Waals surface area (Å²) in [6.07, 6.45) is 4.20. The van der Waals surface area contributed by atoms with Crippen LogP contribution in [0.3, 0.4) is 0 Å². The van der Waals surface area contributed by atoms with E-state index in [0.717, 1.165) is 37.9 Å². The van der Waals surface area contributed by atoms with Crippen molar-refractivity contribution in [1.82, 2.24) is 10.3 Å². The van der Waals surface area contributed by atoms with Gasteiger partial charge in [0.1, 0.15) is 5.69 Å². The van der Waals surface area contributed by atoms with E-state index in [9.17, 15) is 4.79 Å². The maximum absolute atomic E-state index is 12.0. The molecule has 0 spiro atoms. The van der Waals surface area contributed by atoms with Crippen molar-refractivity contribution in [1.29, 1.82) is 0 Å². The van der Waals surface area contributed by atoms with E-state index in [-0.39, 0.29) is 5.91 Å². The molecular formula is C16H21ClN4OS. The monoisotopic (exact) mass is 352 g/mol. The van der Waals surface area contributed by atoms with E-state index >= 15 is 0 Å². The number of hydrogen-bond donors (Lipinski definition) is 3. The third kappa shape index (κ3) is 6.17. The number of hydrogen-bond acceptors (Lipinski definition) is 5. The third-order valence-electron chi connectivity index (χ3n) is 3.25. The molecule has 0 radical (unpaired) electrons. The summed E-state index contributed by atoms with van der Waals surface area (Å²) in [7, 11) is 0. The number of aromatic nitrogens is 1. The van der Waals surface area contributed by atoms with Gasteiger partial charge < -0.3 is 16.4 Å². The highest BCUT2D eigenvalue weighted by atomic mass is 35.5. The molecule has 23 heavy (non-hydrogen) atoms. The van der Waals surface area contributed by atoms with E-state index in [1.165, 1.54) is 11.3 Å². The molecule has 124 valence electrons. The Bertz CT molecular complexity index is 615. The van der Waals surface area contributed by atoms with Gasteiger partial charge in [-0.1, -0.05) is 24.4 Å². The largest absolute Gasteiger partial charge is 0.351 e. The van der Waals surface area contributed by atoms with Crippen molar-refractivity contribution < 1.29 is 4.79 Å². The number of anilines is 2. The van der Waals surface area contributed by atoms with Crippen LogP contribution in [0.4, 0.5) is 10.8 Å². The van der Waals surface area contributed by atoms with Crippen molar-refractivity contribution in [3.05, 3.63) is 40.4 Å². The molecule has 0 unspecified atom stereocenters. The van der Waals surface area contributed by atoms with Gasteiger partial charge in [0.05, 0.1) is 0 Å². The Morgan fingerprint density at radius 3 is 2.65 bits per heavy atom. The van der Waals surface area contributed by atoms with E-state index in [0.29, 0.717) is 22.4 Å². The van der Waals surface area contributed by atoms with Gasteiger partial charge in [0.2, 0.25) is 0 Å². The highest BCUT2D eigenvalue weighted by Gasteiger charge is 2.10. The number of amides is 1. The molecule has 0 saturated heterocycles. The Hall–Kier alpha value is -1.63. The van der Waals surface area contributed by atoms with E-state index in [2.05, 4.69) is 15.6 Å². The number of benzene rings is 1. The van der Waals surface area contributed by atoms with Crippen LogP contribution in [-0.4, -0.2) is 24.0 Å². The van der Waals surface area contributed by atoms with Gasteiger partial charge in [0, 0.05) is 22.6 Å². The number of carbonyl (C=O) groups excluding carboxylic acids is 1. The van der Waals surface area contributed by atoms with Gasteiger partial charge in [-0.25, -0.2) is 4.98 Å². The Balaban J connectivity index is 1.77. The second-order valence-electron chi connectivity index (χ2n) is 5.13. The van der Waals surface area contributed by atoms with Gasteiger partial charge in [-0.15, -0.1) is 11.3 Å². The molecule has 0 aliphatic heterocycles. The topological polar surface area (TPSA) is 80.0 Å². The quantitative estimate of drug-likeness (QED) is 0.600. The molecule has 5 nitrogen and oxygen atoms in total. The molecule has 1 aromatic heterocycles. The lowest BCUT2D eigenvalue weighted by Crippen LogP contribution is -2.24. The number of nitrogens with one attached hydrogen (secondary N) is 2. The summed E-state index contributed by atoms with van der Waals surface area (Å²) in [6.45, 7) is 1.40. The smallest absolute Gasteiger partial charge is 0.270 e. The Morgan fingerprint density at radius 2 is 1.91 bits per heavy atom. The number of rotatable bonds is 9. The van der Waals surface area contributed by atoms with Crippen LogP contribution in [0.15, 0.2) is 29.6 Å². The standard InChI is InChI=1S/C16H21ClN4OS/c17-12-5-7-13(8-6-12)20-16-21-14(11-23-16)15(22)19-10-4-2-1-3-9-18/h5-8,11H,1-4,9-10,18H2,(H,19,22)(H,20,21). The normalized spacial score (nSPS) is 10.5. The summed E-state index contributed by atoms with van der Waals surface area (Å²) >= 11 is 7.25. The molecule has 2 rings (SSSR count). The molecule has 1 aromatic carbocycles. The van der Waals surface area contributed by atoms with Gasteiger partial charge in [0.15, 0.2) is 5.13 Å². The molecule has 0 aliphatic carbocycles.